The molecule has 1 N–H and O–H groups in total. The Labute approximate surface area is 150 Å². The average Bonchev–Trinajstić information content (AvgIpc) is 2.63. The molecule has 0 aliphatic carbocycles. The molecule has 0 radical (unpaired) electrons. The molecule has 1 saturated heterocycles. The number of rotatable bonds is 8. The Morgan fingerprint density at radius 1 is 1.24 bits per heavy atom. The molecule has 1 aliphatic heterocycles. The number of urea groups is 1. The Balaban J connectivity index is 1.75. The minimum Gasteiger partial charge on any atom is -0.494 e. The average molecular weight is 347 g/mol. The van der Waals surface area contributed by atoms with Gasteiger partial charge < -0.3 is 19.9 Å². The van der Waals surface area contributed by atoms with Crippen LogP contribution < -0.4 is 10.1 Å². The van der Waals surface area contributed by atoms with Gasteiger partial charge in [-0.25, -0.2) is 4.79 Å². The van der Waals surface area contributed by atoms with Gasteiger partial charge in [0.05, 0.1) is 6.61 Å². The highest BCUT2D eigenvalue weighted by Crippen LogP contribution is 2.16. The quantitative estimate of drug-likeness (QED) is 0.735. The van der Waals surface area contributed by atoms with E-state index in [-0.39, 0.29) is 18.0 Å². The Bertz CT molecular complexity index is 550. The summed E-state index contributed by atoms with van der Waals surface area (Å²) >= 11 is 0. The lowest BCUT2D eigenvalue weighted by atomic mass is 10.0. The fourth-order valence-corrected chi connectivity index (χ4v) is 2.91. The molecule has 138 valence electrons. The molecular weight excluding hydrogens is 318 g/mol. The van der Waals surface area contributed by atoms with E-state index < -0.39 is 0 Å². The monoisotopic (exact) mass is 347 g/mol. The first-order chi connectivity index (χ1) is 12.1. The summed E-state index contributed by atoms with van der Waals surface area (Å²) in [4.78, 5) is 28.2. The zero-order chi connectivity index (χ0) is 18.1. The van der Waals surface area contributed by atoms with Gasteiger partial charge in [-0.15, -0.1) is 0 Å². The Kier molecular flexibility index (Phi) is 7.57. The van der Waals surface area contributed by atoms with Crippen LogP contribution >= 0.6 is 0 Å². The van der Waals surface area contributed by atoms with E-state index in [4.69, 9.17) is 4.74 Å². The molecule has 1 aromatic rings. The lowest BCUT2D eigenvalue weighted by Crippen LogP contribution is -2.59. The molecule has 6 nitrogen and oxygen atoms in total. The predicted molar refractivity (Wildman–Crippen MR) is 97.6 cm³/mol. The molecule has 2 rings (SSSR count). The van der Waals surface area contributed by atoms with Gasteiger partial charge in [0.2, 0.25) is 5.91 Å². The van der Waals surface area contributed by atoms with Gasteiger partial charge in [-0.2, -0.15) is 0 Å². The topological polar surface area (TPSA) is 61.9 Å². The molecule has 1 aromatic carbocycles. The van der Waals surface area contributed by atoms with Crippen LogP contribution in [0.4, 0.5) is 4.79 Å². The Morgan fingerprint density at radius 2 is 2.00 bits per heavy atom. The van der Waals surface area contributed by atoms with Crippen molar-refractivity contribution in [3.63, 3.8) is 0 Å². The number of piperazine rings is 1. The van der Waals surface area contributed by atoms with Crippen LogP contribution in [0.3, 0.4) is 0 Å². The summed E-state index contributed by atoms with van der Waals surface area (Å²) in [5.41, 5.74) is 0. The molecule has 1 atom stereocenters. The van der Waals surface area contributed by atoms with Crippen molar-refractivity contribution in [1.29, 1.82) is 0 Å². The molecule has 0 aromatic heterocycles. The van der Waals surface area contributed by atoms with Gasteiger partial charge in [0, 0.05) is 26.7 Å². The summed E-state index contributed by atoms with van der Waals surface area (Å²) in [7, 11) is 1.80. The van der Waals surface area contributed by atoms with Crippen LogP contribution in [0.5, 0.6) is 5.75 Å². The lowest BCUT2D eigenvalue weighted by Gasteiger charge is -2.39. The maximum absolute atomic E-state index is 12.5. The van der Waals surface area contributed by atoms with Crippen LogP contribution in [0.1, 0.15) is 32.6 Å². The van der Waals surface area contributed by atoms with Crippen molar-refractivity contribution in [2.75, 3.05) is 33.3 Å². The first kappa shape index (κ1) is 19.1. The van der Waals surface area contributed by atoms with Crippen LogP contribution in [-0.4, -0.2) is 61.1 Å². The van der Waals surface area contributed by atoms with Crippen LogP contribution in [0, 0.1) is 0 Å². The summed E-state index contributed by atoms with van der Waals surface area (Å²) < 4.78 is 5.61. The van der Waals surface area contributed by atoms with E-state index in [9.17, 15) is 9.59 Å². The number of hydrogen-bond donors (Lipinski definition) is 1. The Hall–Kier alpha value is -2.24. The maximum atomic E-state index is 12.5. The number of benzene rings is 1. The first-order valence-electron chi connectivity index (χ1n) is 9.10. The van der Waals surface area contributed by atoms with Gasteiger partial charge in [-0.3, -0.25) is 4.79 Å². The minimum atomic E-state index is -0.334. The van der Waals surface area contributed by atoms with Crippen LogP contribution in [0.15, 0.2) is 30.3 Å². The molecule has 3 amide bonds. The van der Waals surface area contributed by atoms with Crippen molar-refractivity contribution in [2.24, 2.45) is 0 Å². The number of carbonyl (C=O) groups is 2. The van der Waals surface area contributed by atoms with Gasteiger partial charge >= 0.3 is 6.03 Å². The number of para-hydroxylation sites is 1. The SMILES string of the molecule is CCCC[C@H]1C(=O)N(C)CCN1C(=O)NCCCOc1ccccc1. The van der Waals surface area contributed by atoms with Crippen LogP contribution in [0.25, 0.3) is 0 Å². The van der Waals surface area contributed by atoms with Gasteiger partial charge in [0.25, 0.3) is 0 Å². The lowest BCUT2D eigenvalue weighted by molar-refractivity contribution is -0.138. The van der Waals surface area contributed by atoms with Crippen molar-refractivity contribution in [1.82, 2.24) is 15.1 Å². The summed E-state index contributed by atoms with van der Waals surface area (Å²) in [6, 6.07) is 9.14. The highest BCUT2D eigenvalue weighted by molar-refractivity contribution is 5.88. The first-order valence-corrected chi connectivity index (χ1v) is 9.10. The molecule has 0 spiro atoms. The van der Waals surface area contributed by atoms with E-state index in [1.54, 1.807) is 16.8 Å². The zero-order valence-electron chi connectivity index (χ0n) is 15.2. The highest BCUT2D eigenvalue weighted by atomic mass is 16.5. The second-order valence-electron chi connectivity index (χ2n) is 6.36. The van der Waals surface area contributed by atoms with Crippen molar-refractivity contribution in [3.05, 3.63) is 30.3 Å². The van der Waals surface area contributed by atoms with Gasteiger partial charge in [-0.05, 0) is 25.0 Å². The molecule has 6 heteroatoms. The van der Waals surface area contributed by atoms with Gasteiger partial charge in [-0.1, -0.05) is 38.0 Å². The number of amides is 3. The molecule has 1 heterocycles. The van der Waals surface area contributed by atoms with Gasteiger partial charge in [0.1, 0.15) is 11.8 Å². The summed E-state index contributed by atoms with van der Waals surface area (Å²) in [6.45, 7) is 4.35. The molecule has 0 bridgehead atoms. The summed E-state index contributed by atoms with van der Waals surface area (Å²) in [5, 5.41) is 2.92. The number of ether oxygens (including phenoxy) is 1. The smallest absolute Gasteiger partial charge is 0.318 e. The fraction of sp³-hybridized carbons (Fsp3) is 0.579. The molecule has 0 saturated carbocycles. The van der Waals surface area contributed by atoms with E-state index >= 15 is 0 Å². The van der Waals surface area contributed by atoms with E-state index in [1.165, 1.54) is 0 Å². The van der Waals surface area contributed by atoms with E-state index in [2.05, 4.69) is 12.2 Å². The normalized spacial score (nSPS) is 17.5. The van der Waals surface area contributed by atoms with Crippen LogP contribution in [0.2, 0.25) is 0 Å². The number of unbranched alkanes of at least 4 members (excludes halogenated alkanes) is 1. The molecule has 1 aliphatic rings. The number of nitrogens with zero attached hydrogens (tertiary/aromatic N) is 2. The third-order valence-electron chi connectivity index (χ3n) is 4.42. The number of hydrogen-bond acceptors (Lipinski definition) is 3. The van der Waals surface area contributed by atoms with Crippen molar-refractivity contribution in [3.8, 4) is 5.75 Å². The Morgan fingerprint density at radius 3 is 2.72 bits per heavy atom. The number of likely N-dealkylation sites (N-methyl/N-ethyl adjacent to an activating group) is 1. The molecule has 25 heavy (non-hydrogen) atoms. The predicted octanol–water partition coefficient (Wildman–Crippen LogP) is 2.50. The minimum absolute atomic E-state index is 0.0438. The third-order valence-corrected chi connectivity index (χ3v) is 4.42. The van der Waals surface area contributed by atoms with E-state index in [1.807, 2.05) is 30.3 Å². The maximum Gasteiger partial charge on any atom is 0.318 e. The van der Waals surface area contributed by atoms with Crippen LogP contribution in [-0.2, 0) is 4.79 Å². The standard InChI is InChI=1S/C19H29N3O3/c1-3-4-11-17-18(23)21(2)13-14-22(17)19(24)20-12-8-15-25-16-9-6-5-7-10-16/h5-7,9-10,17H,3-4,8,11-15H2,1-2H3,(H,20,24)/t17-/m0/s1. The zero-order valence-corrected chi connectivity index (χ0v) is 15.2. The molecule has 1 fully saturated rings. The third kappa shape index (κ3) is 5.66. The summed E-state index contributed by atoms with van der Waals surface area (Å²) in [5.74, 6) is 0.875. The number of carbonyl (C=O) groups excluding carboxylic acids is 2. The van der Waals surface area contributed by atoms with Crippen molar-refractivity contribution >= 4 is 11.9 Å². The second-order valence-corrected chi connectivity index (χ2v) is 6.36. The van der Waals surface area contributed by atoms with Crippen molar-refractivity contribution in [2.45, 2.75) is 38.6 Å². The van der Waals surface area contributed by atoms with Crippen molar-refractivity contribution < 1.29 is 14.3 Å². The summed E-state index contributed by atoms with van der Waals surface area (Å²) in [6.07, 6.45) is 3.41. The van der Waals surface area contributed by atoms with E-state index in [0.717, 1.165) is 31.4 Å². The van der Waals surface area contributed by atoms with Gasteiger partial charge in [0.15, 0.2) is 0 Å². The fourth-order valence-electron chi connectivity index (χ4n) is 2.91. The largest absolute Gasteiger partial charge is 0.494 e. The highest BCUT2D eigenvalue weighted by Gasteiger charge is 2.35. The second kappa shape index (κ2) is 9.91. The molecular formula is C19H29N3O3. The van der Waals surface area contributed by atoms with E-state index in [0.29, 0.717) is 26.2 Å². The number of nitrogens with one attached hydrogen (secondary N) is 1. The molecule has 0 unspecified atom stereocenters.